The predicted molar refractivity (Wildman–Crippen MR) is 76.9 cm³/mol. The molecule has 1 fully saturated rings. The summed E-state index contributed by atoms with van der Waals surface area (Å²) in [7, 11) is 0. The third-order valence-corrected chi connectivity index (χ3v) is 3.92. The van der Waals surface area contributed by atoms with E-state index in [0.717, 1.165) is 38.9 Å². The van der Waals surface area contributed by atoms with Crippen molar-refractivity contribution in [3.63, 3.8) is 0 Å². The van der Waals surface area contributed by atoms with E-state index in [2.05, 4.69) is 4.90 Å². The Balaban J connectivity index is 1.85. The van der Waals surface area contributed by atoms with E-state index in [1.54, 1.807) is 22.6 Å². The molecule has 0 radical (unpaired) electrons. The summed E-state index contributed by atoms with van der Waals surface area (Å²) in [6.45, 7) is 4.39. The summed E-state index contributed by atoms with van der Waals surface area (Å²) >= 11 is 1.68. The van der Waals surface area contributed by atoms with Gasteiger partial charge in [-0.1, -0.05) is 0 Å². The van der Waals surface area contributed by atoms with Crippen LogP contribution in [0.25, 0.3) is 0 Å². The summed E-state index contributed by atoms with van der Waals surface area (Å²) in [4.78, 5) is 2.21. The quantitative estimate of drug-likeness (QED) is 0.725. The fraction of sp³-hybridized carbons (Fsp3) is 0.538. The van der Waals surface area contributed by atoms with E-state index in [9.17, 15) is 13.2 Å². The maximum atomic E-state index is 12.6. The van der Waals surface area contributed by atoms with Crippen molar-refractivity contribution in [1.29, 1.82) is 0 Å². The van der Waals surface area contributed by atoms with Gasteiger partial charge in [0.15, 0.2) is 0 Å². The molecule has 2 rings (SSSR count). The molecule has 0 aromatic heterocycles. The first kappa shape index (κ1) is 15.8. The molecule has 20 heavy (non-hydrogen) atoms. The van der Waals surface area contributed by atoms with E-state index in [4.69, 9.17) is 9.47 Å². The van der Waals surface area contributed by atoms with Crippen molar-refractivity contribution in [3.05, 3.63) is 27.3 Å². The molecule has 1 aromatic rings. The third kappa shape index (κ3) is 4.49. The summed E-state index contributed by atoms with van der Waals surface area (Å²) < 4.78 is 48.7. The minimum atomic E-state index is -4.32. The maximum Gasteiger partial charge on any atom is 0.417 e. The Morgan fingerprint density at radius 2 is 1.95 bits per heavy atom. The minimum Gasteiger partial charge on any atom is -0.492 e. The highest BCUT2D eigenvalue weighted by Gasteiger charge is 2.32. The largest absolute Gasteiger partial charge is 0.492 e. The van der Waals surface area contributed by atoms with Gasteiger partial charge in [0, 0.05) is 23.2 Å². The Bertz CT molecular complexity index is 448. The Labute approximate surface area is 129 Å². The molecule has 0 N–H and O–H groups in total. The fourth-order valence-electron chi connectivity index (χ4n) is 1.93. The van der Waals surface area contributed by atoms with Crippen molar-refractivity contribution < 1.29 is 22.6 Å². The number of hydrogen-bond donors (Lipinski definition) is 0. The van der Waals surface area contributed by atoms with Gasteiger partial charge in [-0.05, 0) is 40.8 Å². The average Bonchev–Trinajstić information content (AvgIpc) is 2.38. The van der Waals surface area contributed by atoms with Crippen molar-refractivity contribution in [3.8, 4) is 5.75 Å². The number of alkyl halides is 3. The highest BCUT2D eigenvalue weighted by molar-refractivity contribution is 14.1. The first-order valence-electron chi connectivity index (χ1n) is 6.26. The molecule has 112 valence electrons. The first-order valence-corrected chi connectivity index (χ1v) is 7.34. The van der Waals surface area contributed by atoms with Crippen molar-refractivity contribution >= 4 is 22.6 Å². The standard InChI is InChI=1S/C13H15F3INO2/c14-13(15,16)11-2-1-10(9-12(11)17)20-8-5-18-3-6-19-7-4-18/h1-2,9H,3-8H2. The van der Waals surface area contributed by atoms with Crippen LogP contribution < -0.4 is 4.74 Å². The smallest absolute Gasteiger partial charge is 0.417 e. The van der Waals surface area contributed by atoms with Crippen LogP contribution in [-0.2, 0) is 10.9 Å². The number of halogens is 4. The molecule has 0 bridgehead atoms. The van der Waals surface area contributed by atoms with Crippen LogP contribution in [0.15, 0.2) is 18.2 Å². The lowest BCUT2D eigenvalue weighted by molar-refractivity contribution is -0.138. The van der Waals surface area contributed by atoms with Gasteiger partial charge in [0.25, 0.3) is 0 Å². The second kappa shape index (κ2) is 6.95. The summed E-state index contributed by atoms with van der Waals surface area (Å²) in [6, 6.07) is 3.85. The van der Waals surface area contributed by atoms with Gasteiger partial charge in [-0.25, -0.2) is 0 Å². The Kier molecular flexibility index (Phi) is 5.50. The molecule has 0 unspecified atom stereocenters. The van der Waals surface area contributed by atoms with Gasteiger partial charge in [0.05, 0.1) is 18.8 Å². The van der Waals surface area contributed by atoms with E-state index < -0.39 is 11.7 Å². The van der Waals surface area contributed by atoms with Crippen LogP contribution in [0.5, 0.6) is 5.75 Å². The average molecular weight is 401 g/mol. The van der Waals surface area contributed by atoms with Crippen molar-refractivity contribution in [2.24, 2.45) is 0 Å². The van der Waals surface area contributed by atoms with Gasteiger partial charge >= 0.3 is 6.18 Å². The Morgan fingerprint density at radius 3 is 2.55 bits per heavy atom. The highest BCUT2D eigenvalue weighted by Crippen LogP contribution is 2.34. The monoisotopic (exact) mass is 401 g/mol. The summed E-state index contributed by atoms with van der Waals surface area (Å²) in [5, 5.41) is 0. The molecule has 1 heterocycles. The lowest BCUT2D eigenvalue weighted by Gasteiger charge is -2.26. The number of nitrogens with zero attached hydrogens (tertiary/aromatic N) is 1. The maximum absolute atomic E-state index is 12.6. The number of benzene rings is 1. The van der Waals surface area contributed by atoms with Gasteiger partial charge in [-0.2, -0.15) is 13.2 Å². The van der Waals surface area contributed by atoms with Gasteiger partial charge < -0.3 is 9.47 Å². The first-order chi connectivity index (χ1) is 9.47. The van der Waals surface area contributed by atoms with Gasteiger partial charge in [-0.3, -0.25) is 4.90 Å². The van der Waals surface area contributed by atoms with Crippen LogP contribution in [0.2, 0.25) is 0 Å². The second-order valence-electron chi connectivity index (χ2n) is 4.44. The lowest BCUT2D eigenvalue weighted by Crippen LogP contribution is -2.38. The number of rotatable bonds is 4. The zero-order valence-corrected chi connectivity index (χ0v) is 12.9. The molecule has 0 amide bonds. The van der Waals surface area contributed by atoms with Crippen LogP contribution in [0.3, 0.4) is 0 Å². The van der Waals surface area contributed by atoms with Crippen LogP contribution in [-0.4, -0.2) is 44.4 Å². The molecule has 0 spiro atoms. The van der Waals surface area contributed by atoms with Crippen LogP contribution in [0.4, 0.5) is 13.2 Å². The third-order valence-electron chi connectivity index (χ3n) is 3.03. The van der Waals surface area contributed by atoms with Crippen molar-refractivity contribution in [1.82, 2.24) is 4.90 Å². The summed E-state index contributed by atoms with van der Waals surface area (Å²) in [6.07, 6.45) is -4.32. The molecule has 1 aliphatic heterocycles. The summed E-state index contributed by atoms with van der Waals surface area (Å²) in [5.41, 5.74) is -0.626. The van der Waals surface area contributed by atoms with Gasteiger partial charge in [0.2, 0.25) is 0 Å². The van der Waals surface area contributed by atoms with E-state index >= 15 is 0 Å². The zero-order valence-electron chi connectivity index (χ0n) is 10.8. The molecular formula is C13H15F3INO2. The highest BCUT2D eigenvalue weighted by atomic mass is 127. The van der Waals surface area contributed by atoms with E-state index in [-0.39, 0.29) is 3.57 Å². The minimum absolute atomic E-state index is 0.152. The Hall–Kier alpha value is -0.540. The molecule has 1 aromatic carbocycles. The predicted octanol–water partition coefficient (Wildman–Crippen LogP) is 3.02. The summed E-state index contributed by atoms with van der Waals surface area (Å²) in [5.74, 6) is 0.468. The Morgan fingerprint density at radius 1 is 1.25 bits per heavy atom. The fourth-order valence-corrected chi connectivity index (χ4v) is 2.73. The van der Waals surface area contributed by atoms with E-state index in [1.165, 1.54) is 12.1 Å². The molecule has 7 heteroatoms. The SMILES string of the molecule is FC(F)(F)c1ccc(OCCN2CCOCC2)cc1I. The van der Waals surface area contributed by atoms with Crippen molar-refractivity contribution in [2.45, 2.75) is 6.18 Å². The van der Waals surface area contributed by atoms with E-state index in [0.29, 0.717) is 12.4 Å². The molecular weight excluding hydrogens is 386 g/mol. The van der Waals surface area contributed by atoms with Crippen LogP contribution in [0.1, 0.15) is 5.56 Å². The van der Waals surface area contributed by atoms with Crippen LogP contribution >= 0.6 is 22.6 Å². The second-order valence-corrected chi connectivity index (χ2v) is 5.60. The number of ether oxygens (including phenoxy) is 2. The van der Waals surface area contributed by atoms with Gasteiger partial charge in [-0.15, -0.1) is 0 Å². The van der Waals surface area contributed by atoms with Gasteiger partial charge in [0.1, 0.15) is 12.4 Å². The topological polar surface area (TPSA) is 21.7 Å². The number of hydrogen-bond acceptors (Lipinski definition) is 3. The zero-order chi connectivity index (χ0) is 14.6. The molecule has 3 nitrogen and oxygen atoms in total. The van der Waals surface area contributed by atoms with E-state index in [1.807, 2.05) is 0 Å². The molecule has 1 saturated heterocycles. The molecule has 0 aliphatic carbocycles. The van der Waals surface area contributed by atoms with Crippen molar-refractivity contribution in [2.75, 3.05) is 39.5 Å². The lowest BCUT2D eigenvalue weighted by atomic mass is 10.2. The normalized spacial score (nSPS) is 17.2. The molecule has 1 aliphatic rings. The molecule has 0 atom stereocenters. The molecule has 0 saturated carbocycles. The number of morpholine rings is 1. The van der Waals surface area contributed by atoms with Crippen LogP contribution in [0, 0.1) is 3.57 Å².